The average Bonchev–Trinajstić information content (AvgIpc) is 3.01. The summed E-state index contributed by atoms with van der Waals surface area (Å²) < 4.78 is 39.4. The van der Waals surface area contributed by atoms with Gasteiger partial charge in [-0.2, -0.15) is 4.98 Å². The van der Waals surface area contributed by atoms with Crippen LogP contribution in [0.3, 0.4) is 0 Å². The van der Waals surface area contributed by atoms with Gasteiger partial charge in [-0.15, -0.1) is 0 Å². The molecule has 1 amide bonds. The lowest BCUT2D eigenvalue weighted by Crippen LogP contribution is -2.54. The minimum absolute atomic E-state index is 0.0619. The third-order valence-corrected chi connectivity index (χ3v) is 8.59. The summed E-state index contributed by atoms with van der Waals surface area (Å²) >= 11 is 0. The van der Waals surface area contributed by atoms with Crippen LogP contribution in [0.15, 0.2) is 54.0 Å². The van der Waals surface area contributed by atoms with Gasteiger partial charge in [0.05, 0.1) is 28.4 Å². The van der Waals surface area contributed by atoms with Crippen LogP contribution >= 0.6 is 0 Å². The number of amides is 1. The van der Waals surface area contributed by atoms with Crippen molar-refractivity contribution >= 4 is 22.8 Å². The minimum Gasteiger partial charge on any atom is -0.490 e. The van der Waals surface area contributed by atoms with Gasteiger partial charge < -0.3 is 14.5 Å². The molecule has 0 spiro atoms. The number of carbonyl (C=O) groups excluding carboxylic acids is 1. The van der Waals surface area contributed by atoms with E-state index >= 15 is 8.78 Å². The molecule has 2 bridgehead atoms. The fraction of sp³-hybridized carbons (Fsp3) is 0.382. The van der Waals surface area contributed by atoms with Crippen molar-refractivity contribution in [2.75, 3.05) is 24.5 Å². The molecule has 1 saturated heterocycles. The van der Waals surface area contributed by atoms with Crippen molar-refractivity contribution in [3.63, 3.8) is 0 Å². The number of piperazine rings is 1. The molecule has 0 saturated carbocycles. The van der Waals surface area contributed by atoms with Crippen LogP contribution in [0.2, 0.25) is 0 Å². The van der Waals surface area contributed by atoms with Crippen molar-refractivity contribution in [3.8, 4) is 22.7 Å². The zero-order valence-corrected chi connectivity index (χ0v) is 25.9. The van der Waals surface area contributed by atoms with Gasteiger partial charge >= 0.3 is 5.69 Å². The van der Waals surface area contributed by atoms with E-state index < -0.39 is 17.3 Å². The van der Waals surface area contributed by atoms with Gasteiger partial charge in [-0.3, -0.25) is 9.78 Å². The van der Waals surface area contributed by atoms with Crippen LogP contribution in [-0.2, 0) is 11.2 Å². The summed E-state index contributed by atoms with van der Waals surface area (Å²) in [6, 6.07) is 7.27. The fourth-order valence-corrected chi connectivity index (χ4v) is 6.39. The third-order valence-electron chi connectivity index (χ3n) is 8.59. The predicted octanol–water partition coefficient (Wildman–Crippen LogP) is 5.57. The van der Waals surface area contributed by atoms with E-state index in [1.54, 1.807) is 17.2 Å². The second kappa shape index (κ2) is 12.0. The standard InChI is InChI=1S/C34H36F2N6O3/c1-6-27(43)40-15-16-41(20(4)18-40)32-23-17-25(36)30-28-24(35)11-8-12-26(28)45-21(5)9-7-10-22-13-14-37-29(19(2)3)31(22)42(33(23)38-30)34(44)39-32/h6,8,11-14,17,19-21H,1,7,9-10,15-16,18H2,2-5H3/t20-,21?/m0/s1. The van der Waals surface area contributed by atoms with E-state index in [2.05, 4.69) is 16.5 Å². The molecule has 1 aromatic carbocycles. The topological polar surface area (TPSA) is 93.5 Å². The van der Waals surface area contributed by atoms with Crippen molar-refractivity contribution in [1.29, 1.82) is 0 Å². The lowest BCUT2D eigenvalue weighted by molar-refractivity contribution is -0.126. The number of ether oxygens (including phenoxy) is 1. The summed E-state index contributed by atoms with van der Waals surface area (Å²) in [5.41, 5.74) is 1.26. The van der Waals surface area contributed by atoms with Crippen molar-refractivity contribution in [3.05, 3.63) is 82.6 Å². The number of anilines is 1. The van der Waals surface area contributed by atoms with Crippen LogP contribution in [0, 0.1) is 11.6 Å². The number of hydrogen-bond donors (Lipinski definition) is 0. The molecule has 2 atom stereocenters. The molecular formula is C34H36F2N6O3. The van der Waals surface area contributed by atoms with E-state index in [4.69, 9.17) is 9.72 Å². The van der Waals surface area contributed by atoms with Crippen LogP contribution in [-0.4, -0.2) is 62.1 Å². The number of aromatic nitrogens is 4. The molecule has 0 aliphatic carbocycles. The predicted molar refractivity (Wildman–Crippen MR) is 169 cm³/mol. The molecule has 0 radical (unpaired) electrons. The van der Waals surface area contributed by atoms with Gasteiger partial charge in [0.25, 0.3) is 0 Å². The molecule has 1 unspecified atom stereocenters. The molecular weight excluding hydrogens is 578 g/mol. The summed E-state index contributed by atoms with van der Waals surface area (Å²) in [5.74, 6) is -1.29. The van der Waals surface area contributed by atoms with E-state index in [1.807, 2.05) is 38.7 Å². The monoisotopic (exact) mass is 614 g/mol. The largest absolute Gasteiger partial charge is 0.490 e. The average molecular weight is 615 g/mol. The van der Waals surface area contributed by atoms with E-state index in [9.17, 15) is 9.59 Å². The van der Waals surface area contributed by atoms with Crippen LogP contribution < -0.4 is 15.3 Å². The zero-order valence-electron chi connectivity index (χ0n) is 25.9. The molecule has 6 rings (SSSR count). The fourth-order valence-electron chi connectivity index (χ4n) is 6.39. The van der Waals surface area contributed by atoms with Crippen LogP contribution in [0.25, 0.3) is 28.0 Å². The number of rotatable bonds is 3. The summed E-state index contributed by atoms with van der Waals surface area (Å²) in [7, 11) is 0. The maximum Gasteiger partial charge on any atom is 0.355 e. The zero-order chi connectivity index (χ0) is 32.0. The van der Waals surface area contributed by atoms with E-state index in [0.717, 1.165) is 5.56 Å². The van der Waals surface area contributed by atoms with E-state index in [1.165, 1.54) is 28.8 Å². The van der Waals surface area contributed by atoms with Gasteiger partial charge in [-0.1, -0.05) is 26.5 Å². The number of pyridine rings is 2. The first-order chi connectivity index (χ1) is 21.6. The highest BCUT2D eigenvalue weighted by molar-refractivity contribution is 5.91. The number of halogens is 2. The molecule has 9 nitrogen and oxygen atoms in total. The van der Waals surface area contributed by atoms with E-state index in [-0.39, 0.29) is 57.8 Å². The van der Waals surface area contributed by atoms with Gasteiger partial charge in [0.15, 0.2) is 11.5 Å². The minimum atomic E-state index is -0.781. The van der Waals surface area contributed by atoms with Gasteiger partial charge in [-0.25, -0.2) is 23.1 Å². The second-order valence-electron chi connectivity index (χ2n) is 12.1. The normalized spacial score (nSPS) is 18.5. The molecule has 4 aromatic rings. The van der Waals surface area contributed by atoms with Gasteiger partial charge in [0.1, 0.15) is 23.1 Å². The van der Waals surface area contributed by atoms with Gasteiger partial charge in [0.2, 0.25) is 5.91 Å². The Morgan fingerprint density at radius 3 is 2.67 bits per heavy atom. The summed E-state index contributed by atoms with van der Waals surface area (Å²) in [5, 5.41) is 0.290. The number of fused-ring (bicyclic) bond motifs is 5. The number of benzene rings is 1. The first kappa shape index (κ1) is 30.4. The highest BCUT2D eigenvalue weighted by atomic mass is 19.1. The van der Waals surface area contributed by atoms with Crippen molar-refractivity contribution in [1.82, 2.24) is 24.4 Å². The van der Waals surface area contributed by atoms with Crippen molar-refractivity contribution in [2.24, 2.45) is 0 Å². The molecule has 234 valence electrons. The number of hydrogen-bond acceptors (Lipinski definition) is 7. The van der Waals surface area contributed by atoms with Crippen molar-refractivity contribution < 1.29 is 18.3 Å². The SMILES string of the molecule is C=CC(=O)N1CCN(c2nc(=O)n3c4nc(c(F)cc24)-c2c(F)cccc2OC(C)CCCc2ccnc(C(C)C)c2-3)[C@@H](C)C1. The Labute approximate surface area is 260 Å². The van der Waals surface area contributed by atoms with Gasteiger partial charge in [0, 0.05) is 31.9 Å². The maximum atomic E-state index is 16.3. The number of carbonyl (C=O) groups is 1. The molecule has 11 heteroatoms. The Morgan fingerprint density at radius 1 is 1.13 bits per heavy atom. The molecule has 0 N–H and O–H groups in total. The molecule has 45 heavy (non-hydrogen) atoms. The first-order valence-electron chi connectivity index (χ1n) is 15.3. The number of nitrogens with zero attached hydrogens (tertiary/aromatic N) is 6. The molecule has 2 aliphatic heterocycles. The quantitative estimate of drug-likeness (QED) is 0.279. The maximum absolute atomic E-state index is 16.3. The lowest BCUT2D eigenvalue weighted by atomic mass is 9.99. The Balaban J connectivity index is 1.69. The van der Waals surface area contributed by atoms with Crippen LogP contribution in [0.5, 0.6) is 5.75 Å². The second-order valence-corrected chi connectivity index (χ2v) is 12.1. The van der Waals surface area contributed by atoms with Gasteiger partial charge in [-0.05, 0) is 74.9 Å². The van der Waals surface area contributed by atoms with Crippen LogP contribution in [0.1, 0.15) is 57.7 Å². The Hall–Kier alpha value is -4.67. The molecule has 3 aromatic heterocycles. The Kier molecular flexibility index (Phi) is 8.11. The number of aryl methyl sites for hydroxylation is 1. The smallest absolute Gasteiger partial charge is 0.355 e. The summed E-state index contributed by atoms with van der Waals surface area (Å²) in [6.07, 6.45) is 4.68. The molecule has 1 fully saturated rings. The molecule has 2 aliphatic rings. The summed E-state index contributed by atoms with van der Waals surface area (Å²) in [6.45, 7) is 12.5. The van der Waals surface area contributed by atoms with Crippen LogP contribution in [0.4, 0.5) is 14.6 Å². The Bertz CT molecular complexity index is 1870. The first-order valence-corrected chi connectivity index (χ1v) is 15.3. The van der Waals surface area contributed by atoms with Crippen molar-refractivity contribution in [2.45, 2.75) is 65.0 Å². The molecule has 5 heterocycles. The van der Waals surface area contributed by atoms with E-state index in [0.29, 0.717) is 50.3 Å². The third kappa shape index (κ3) is 5.44. The lowest BCUT2D eigenvalue weighted by Gasteiger charge is -2.40. The summed E-state index contributed by atoms with van der Waals surface area (Å²) in [4.78, 5) is 44.1. The Morgan fingerprint density at radius 2 is 1.93 bits per heavy atom. The highest BCUT2D eigenvalue weighted by Gasteiger charge is 2.31. The highest BCUT2D eigenvalue weighted by Crippen LogP contribution is 2.38.